The van der Waals surface area contributed by atoms with Gasteiger partial charge >= 0.3 is 0 Å². The molecule has 0 aliphatic rings. The monoisotopic (exact) mass is 215 g/mol. The van der Waals surface area contributed by atoms with Crippen molar-refractivity contribution in [3.8, 4) is 0 Å². The zero-order valence-electron chi connectivity index (χ0n) is 10.1. The molecule has 0 saturated carbocycles. The molecule has 1 heterocycles. The predicted octanol–water partition coefficient (Wildman–Crippen LogP) is 2.51. The van der Waals surface area contributed by atoms with Gasteiger partial charge < -0.3 is 0 Å². The summed E-state index contributed by atoms with van der Waals surface area (Å²) in [5.74, 6) is 0. The lowest BCUT2D eigenvalue weighted by atomic mass is 10.1. The Morgan fingerprint density at radius 1 is 1.12 bits per heavy atom. The first-order chi connectivity index (χ1) is 7.70. The number of hydrogen-bond donors (Lipinski definition) is 0. The summed E-state index contributed by atoms with van der Waals surface area (Å²) < 4.78 is 1.96. The highest BCUT2D eigenvalue weighted by Crippen LogP contribution is 2.09. The molecule has 3 heteroatoms. The van der Waals surface area contributed by atoms with E-state index in [-0.39, 0.29) is 0 Å². The minimum atomic E-state index is 0.805. The quantitative estimate of drug-likeness (QED) is 0.787. The van der Waals surface area contributed by atoms with Crippen LogP contribution < -0.4 is 0 Å². The smallest absolute Gasteiger partial charge is 0.0853 e. The van der Waals surface area contributed by atoms with Crippen molar-refractivity contribution >= 4 is 0 Å². The molecular weight excluding hydrogens is 198 g/mol. The molecule has 0 aliphatic carbocycles. The van der Waals surface area contributed by atoms with Gasteiger partial charge in [0.2, 0.25) is 0 Å². The molecule has 1 aromatic carbocycles. The van der Waals surface area contributed by atoms with Gasteiger partial charge in [-0.2, -0.15) is 0 Å². The van der Waals surface area contributed by atoms with Gasteiger partial charge in [-0.1, -0.05) is 42.0 Å². The molecule has 84 valence electrons. The lowest BCUT2D eigenvalue weighted by Gasteiger charge is -2.04. The van der Waals surface area contributed by atoms with E-state index in [9.17, 15) is 0 Å². The van der Waals surface area contributed by atoms with Crippen LogP contribution in [0.1, 0.15) is 29.4 Å². The Labute approximate surface area is 96.1 Å². The second-order valence-corrected chi connectivity index (χ2v) is 4.12. The van der Waals surface area contributed by atoms with Gasteiger partial charge in [0.25, 0.3) is 0 Å². The van der Waals surface area contributed by atoms with E-state index in [0.29, 0.717) is 0 Å². The molecule has 0 bridgehead atoms. The molecule has 2 aromatic rings. The molecule has 0 amide bonds. The van der Waals surface area contributed by atoms with Crippen molar-refractivity contribution in [2.24, 2.45) is 0 Å². The Morgan fingerprint density at radius 3 is 2.38 bits per heavy atom. The van der Waals surface area contributed by atoms with Crippen LogP contribution in [0.2, 0.25) is 0 Å². The standard InChI is InChI=1S/C13H17N3/c1-4-13-11(3)16(15-14-13)9-12-7-5-10(2)6-8-12/h5-8H,4,9H2,1-3H3. The van der Waals surface area contributed by atoms with Crippen LogP contribution in [0.5, 0.6) is 0 Å². The molecule has 0 aliphatic heterocycles. The van der Waals surface area contributed by atoms with Crippen molar-refractivity contribution in [1.29, 1.82) is 0 Å². The van der Waals surface area contributed by atoms with Crippen molar-refractivity contribution in [2.75, 3.05) is 0 Å². The molecule has 2 rings (SSSR count). The van der Waals surface area contributed by atoms with Crippen LogP contribution in [-0.4, -0.2) is 15.0 Å². The molecule has 3 nitrogen and oxygen atoms in total. The third kappa shape index (κ3) is 2.13. The van der Waals surface area contributed by atoms with E-state index in [1.165, 1.54) is 16.8 Å². The second kappa shape index (κ2) is 4.47. The molecule has 16 heavy (non-hydrogen) atoms. The summed E-state index contributed by atoms with van der Waals surface area (Å²) in [4.78, 5) is 0. The van der Waals surface area contributed by atoms with Gasteiger partial charge in [0.1, 0.15) is 0 Å². The molecular formula is C13H17N3. The lowest BCUT2D eigenvalue weighted by molar-refractivity contribution is 0.633. The van der Waals surface area contributed by atoms with Crippen molar-refractivity contribution in [3.63, 3.8) is 0 Å². The van der Waals surface area contributed by atoms with Crippen LogP contribution in [0.3, 0.4) is 0 Å². The molecule has 0 saturated heterocycles. The SMILES string of the molecule is CCc1nnn(Cc2ccc(C)cc2)c1C. The van der Waals surface area contributed by atoms with E-state index in [2.05, 4.69) is 55.3 Å². The Kier molecular flexibility index (Phi) is 3.04. The van der Waals surface area contributed by atoms with E-state index < -0.39 is 0 Å². The van der Waals surface area contributed by atoms with Gasteiger partial charge in [-0.25, -0.2) is 4.68 Å². The fourth-order valence-electron chi connectivity index (χ4n) is 1.74. The molecule has 0 spiro atoms. The van der Waals surface area contributed by atoms with Gasteiger partial charge in [0.05, 0.1) is 17.9 Å². The summed E-state index contributed by atoms with van der Waals surface area (Å²) in [6, 6.07) is 8.54. The highest BCUT2D eigenvalue weighted by molar-refractivity contribution is 5.22. The molecule has 1 aromatic heterocycles. The van der Waals surface area contributed by atoms with Gasteiger partial charge in [-0.05, 0) is 25.8 Å². The summed E-state index contributed by atoms with van der Waals surface area (Å²) in [5.41, 5.74) is 4.81. The zero-order chi connectivity index (χ0) is 11.5. The minimum Gasteiger partial charge on any atom is -0.245 e. The summed E-state index contributed by atoms with van der Waals surface area (Å²) in [5, 5.41) is 8.33. The summed E-state index contributed by atoms with van der Waals surface area (Å²) in [7, 11) is 0. The zero-order valence-corrected chi connectivity index (χ0v) is 10.1. The third-order valence-electron chi connectivity index (χ3n) is 2.87. The number of benzene rings is 1. The Morgan fingerprint density at radius 2 is 1.81 bits per heavy atom. The average molecular weight is 215 g/mol. The van der Waals surface area contributed by atoms with Crippen LogP contribution >= 0.6 is 0 Å². The molecule has 0 fully saturated rings. The van der Waals surface area contributed by atoms with Crippen LogP contribution in [0.4, 0.5) is 0 Å². The predicted molar refractivity (Wildman–Crippen MR) is 64.4 cm³/mol. The fourth-order valence-corrected chi connectivity index (χ4v) is 1.74. The van der Waals surface area contributed by atoms with Gasteiger partial charge in [-0.15, -0.1) is 5.10 Å². The summed E-state index contributed by atoms with van der Waals surface area (Å²) >= 11 is 0. The number of rotatable bonds is 3. The molecule has 0 N–H and O–H groups in total. The van der Waals surface area contributed by atoms with Crippen molar-refractivity contribution in [1.82, 2.24) is 15.0 Å². The molecule has 0 unspecified atom stereocenters. The largest absolute Gasteiger partial charge is 0.245 e. The van der Waals surface area contributed by atoms with E-state index in [1.54, 1.807) is 0 Å². The first kappa shape index (κ1) is 10.9. The highest BCUT2D eigenvalue weighted by Gasteiger charge is 2.06. The van der Waals surface area contributed by atoms with Crippen molar-refractivity contribution in [3.05, 3.63) is 46.8 Å². The minimum absolute atomic E-state index is 0.805. The normalized spacial score (nSPS) is 10.7. The maximum Gasteiger partial charge on any atom is 0.0853 e. The highest BCUT2D eigenvalue weighted by atomic mass is 15.4. The molecule has 0 atom stereocenters. The van der Waals surface area contributed by atoms with Crippen LogP contribution in [0, 0.1) is 13.8 Å². The number of hydrogen-bond acceptors (Lipinski definition) is 2. The van der Waals surface area contributed by atoms with E-state index in [4.69, 9.17) is 0 Å². The summed E-state index contributed by atoms with van der Waals surface area (Å²) in [6.45, 7) is 7.08. The van der Waals surface area contributed by atoms with Gasteiger partial charge in [0, 0.05) is 0 Å². The Balaban J connectivity index is 2.20. The fraction of sp³-hybridized carbons (Fsp3) is 0.385. The van der Waals surface area contributed by atoms with Crippen LogP contribution in [0.15, 0.2) is 24.3 Å². The van der Waals surface area contributed by atoms with Crippen LogP contribution in [-0.2, 0) is 13.0 Å². The van der Waals surface area contributed by atoms with Crippen molar-refractivity contribution in [2.45, 2.75) is 33.7 Å². The van der Waals surface area contributed by atoms with Gasteiger partial charge in [-0.3, -0.25) is 0 Å². The average Bonchev–Trinajstić information content (AvgIpc) is 2.63. The second-order valence-electron chi connectivity index (χ2n) is 4.12. The Hall–Kier alpha value is -1.64. The summed E-state index contributed by atoms with van der Waals surface area (Å²) in [6.07, 6.45) is 0.944. The van der Waals surface area contributed by atoms with E-state index in [0.717, 1.165) is 18.7 Å². The van der Waals surface area contributed by atoms with Gasteiger partial charge in [0.15, 0.2) is 0 Å². The maximum atomic E-state index is 4.17. The van der Waals surface area contributed by atoms with E-state index >= 15 is 0 Å². The van der Waals surface area contributed by atoms with E-state index in [1.807, 2.05) is 4.68 Å². The van der Waals surface area contributed by atoms with Crippen molar-refractivity contribution < 1.29 is 0 Å². The first-order valence-electron chi connectivity index (χ1n) is 5.65. The number of nitrogens with zero attached hydrogens (tertiary/aromatic N) is 3. The maximum absolute atomic E-state index is 4.17. The number of aryl methyl sites for hydroxylation is 2. The lowest BCUT2D eigenvalue weighted by Crippen LogP contribution is -2.04. The molecule has 0 radical (unpaired) electrons. The first-order valence-corrected chi connectivity index (χ1v) is 5.65. The number of aromatic nitrogens is 3. The third-order valence-corrected chi connectivity index (χ3v) is 2.87. The Bertz CT molecular complexity index is 468. The van der Waals surface area contributed by atoms with Crippen LogP contribution in [0.25, 0.3) is 0 Å². The topological polar surface area (TPSA) is 30.7 Å².